The number of carbonyl (C=O) groups is 1. The second kappa shape index (κ2) is 8.55. The van der Waals surface area contributed by atoms with Gasteiger partial charge in [-0.15, -0.1) is 0 Å². The highest BCUT2D eigenvalue weighted by Crippen LogP contribution is 2.33. The number of nitro benzene ring substituents is 1. The van der Waals surface area contributed by atoms with Crippen molar-refractivity contribution in [2.75, 3.05) is 19.5 Å². The normalized spacial score (nSPS) is 10.6. The summed E-state index contributed by atoms with van der Waals surface area (Å²) < 4.78 is 10.1. The van der Waals surface area contributed by atoms with Crippen molar-refractivity contribution in [2.24, 2.45) is 0 Å². The number of nitrogens with one attached hydrogen (secondary N) is 1. The van der Waals surface area contributed by atoms with Crippen molar-refractivity contribution in [1.82, 2.24) is 0 Å². The minimum absolute atomic E-state index is 0.0989. The molecule has 0 radical (unpaired) electrons. The Morgan fingerprint density at radius 2 is 1.92 bits per heavy atom. The molecule has 1 N–H and O–H groups in total. The summed E-state index contributed by atoms with van der Waals surface area (Å²) in [6.07, 6.45) is 2.71. The first-order valence-corrected chi connectivity index (χ1v) is 7.95. The van der Waals surface area contributed by atoms with Crippen molar-refractivity contribution in [2.45, 2.75) is 0 Å². The summed E-state index contributed by atoms with van der Waals surface area (Å²) in [5.41, 5.74) is 0.515. The van der Waals surface area contributed by atoms with Crippen LogP contribution in [0.2, 0.25) is 10.0 Å². The molecule has 0 bridgehead atoms. The molecule has 2 aromatic carbocycles. The number of carbonyl (C=O) groups excluding carboxylic acids is 1. The lowest BCUT2D eigenvalue weighted by Crippen LogP contribution is -2.08. The molecule has 26 heavy (non-hydrogen) atoms. The van der Waals surface area contributed by atoms with Crippen molar-refractivity contribution < 1.29 is 19.2 Å². The standard InChI is InChI=1S/C17H14Cl2N2O5/c1-25-15-5-4-12(9-14(15)21(23)24)20-16(22)6-3-10-7-11(18)8-13(19)17(10)26-2/h3-9H,1-2H3,(H,20,22). The van der Waals surface area contributed by atoms with Crippen LogP contribution in [0.1, 0.15) is 5.56 Å². The van der Waals surface area contributed by atoms with Gasteiger partial charge in [-0.2, -0.15) is 0 Å². The predicted molar refractivity (Wildman–Crippen MR) is 100 cm³/mol. The van der Waals surface area contributed by atoms with Crippen molar-refractivity contribution in [1.29, 1.82) is 0 Å². The van der Waals surface area contributed by atoms with E-state index in [0.717, 1.165) is 0 Å². The zero-order chi connectivity index (χ0) is 19.3. The van der Waals surface area contributed by atoms with Crippen LogP contribution in [0.15, 0.2) is 36.4 Å². The number of nitrogens with zero attached hydrogens (tertiary/aromatic N) is 1. The zero-order valence-corrected chi connectivity index (χ0v) is 15.3. The fourth-order valence-electron chi connectivity index (χ4n) is 2.18. The summed E-state index contributed by atoms with van der Waals surface area (Å²) in [7, 11) is 2.77. The van der Waals surface area contributed by atoms with E-state index in [1.807, 2.05) is 0 Å². The Labute approximate surface area is 159 Å². The van der Waals surface area contributed by atoms with Crippen LogP contribution < -0.4 is 14.8 Å². The molecule has 0 aliphatic carbocycles. The van der Waals surface area contributed by atoms with Crippen LogP contribution in [0.5, 0.6) is 11.5 Å². The van der Waals surface area contributed by atoms with Gasteiger partial charge in [-0.05, 0) is 30.3 Å². The lowest BCUT2D eigenvalue weighted by Gasteiger charge is -2.08. The molecule has 0 heterocycles. The van der Waals surface area contributed by atoms with Crippen LogP contribution in [-0.2, 0) is 4.79 Å². The van der Waals surface area contributed by atoms with Gasteiger partial charge < -0.3 is 14.8 Å². The number of hydrogen-bond donors (Lipinski definition) is 1. The van der Waals surface area contributed by atoms with Gasteiger partial charge in [0.25, 0.3) is 0 Å². The van der Waals surface area contributed by atoms with E-state index in [-0.39, 0.29) is 17.1 Å². The second-order valence-corrected chi connectivity index (χ2v) is 5.82. The molecule has 2 aromatic rings. The van der Waals surface area contributed by atoms with Crippen molar-refractivity contribution in [3.05, 3.63) is 62.1 Å². The van der Waals surface area contributed by atoms with Crippen molar-refractivity contribution in [3.8, 4) is 11.5 Å². The van der Waals surface area contributed by atoms with Gasteiger partial charge in [0.15, 0.2) is 5.75 Å². The van der Waals surface area contributed by atoms with Gasteiger partial charge in [-0.25, -0.2) is 0 Å². The molecule has 0 saturated heterocycles. The highest BCUT2D eigenvalue weighted by Gasteiger charge is 2.15. The van der Waals surface area contributed by atoms with E-state index in [9.17, 15) is 14.9 Å². The number of halogens is 2. The van der Waals surface area contributed by atoms with Gasteiger partial charge in [0.05, 0.1) is 24.2 Å². The first-order chi connectivity index (χ1) is 12.3. The predicted octanol–water partition coefficient (Wildman–Crippen LogP) is 4.57. The van der Waals surface area contributed by atoms with Crippen LogP contribution in [0.4, 0.5) is 11.4 Å². The molecule has 0 fully saturated rings. The molecular formula is C17H14Cl2N2O5. The van der Waals surface area contributed by atoms with E-state index in [0.29, 0.717) is 21.4 Å². The summed E-state index contributed by atoms with van der Waals surface area (Å²) in [6, 6.07) is 7.22. The van der Waals surface area contributed by atoms with E-state index < -0.39 is 10.8 Å². The number of benzene rings is 2. The van der Waals surface area contributed by atoms with Gasteiger partial charge >= 0.3 is 5.69 Å². The Bertz CT molecular complexity index is 884. The van der Waals surface area contributed by atoms with Crippen LogP contribution in [-0.4, -0.2) is 25.1 Å². The third-order valence-corrected chi connectivity index (χ3v) is 3.80. The molecule has 2 rings (SSSR count). The number of ether oxygens (including phenoxy) is 2. The molecule has 136 valence electrons. The summed E-state index contributed by atoms with van der Waals surface area (Å²) in [4.78, 5) is 22.5. The maximum Gasteiger partial charge on any atom is 0.312 e. The molecule has 0 spiro atoms. The molecule has 0 aromatic heterocycles. The van der Waals surface area contributed by atoms with Gasteiger partial charge in [0, 0.05) is 28.4 Å². The first-order valence-electron chi connectivity index (χ1n) is 7.20. The fraction of sp³-hybridized carbons (Fsp3) is 0.118. The molecule has 0 atom stereocenters. The number of amides is 1. The maximum atomic E-state index is 12.1. The average Bonchev–Trinajstić information content (AvgIpc) is 2.59. The Kier molecular flexibility index (Phi) is 6.43. The molecule has 9 heteroatoms. The highest BCUT2D eigenvalue weighted by atomic mass is 35.5. The summed E-state index contributed by atoms with van der Waals surface area (Å²) >= 11 is 12.0. The number of rotatable bonds is 6. The van der Waals surface area contributed by atoms with E-state index in [4.69, 9.17) is 32.7 Å². The highest BCUT2D eigenvalue weighted by molar-refractivity contribution is 6.36. The molecular weight excluding hydrogens is 383 g/mol. The van der Waals surface area contributed by atoms with Gasteiger partial charge in [0.2, 0.25) is 5.91 Å². The van der Waals surface area contributed by atoms with Gasteiger partial charge in [-0.1, -0.05) is 23.2 Å². The van der Waals surface area contributed by atoms with E-state index >= 15 is 0 Å². The second-order valence-electron chi connectivity index (χ2n) is 4.98. The first kappa shape index (κ1) is 19.6. The van der Waals surface area contributed by atoms with E-state index in [2.05, 4.69) is 5.32 Å². The van der Waals surface area contributed by atoms with Crippen LogP contribution in [0.25, 0.3) is 6.08 Å². The maximum absolute atomic E-state index is 12.1. The largest absolute Gasteiger partial charge is 0.495 e. The quantitative estimate of drug-likeness (QED) is 0.438. The minimum Gasteiger partial charge on any atom is -0.495 e. The SMILES string of the molecule is COc1ccc(NC(=O)C=Cc2cc(Cl)cc(Cl)c2OC)cc1[N+](=O)[O-]. The zero-order valence-electron chi connectivity index (χ0n) is 13.8. The molecule has 0 saturated carbocycles. The fourth-order valence-corrected chi connectivity index (χ4v) is 2.77. The third kappa shape index (κ3) is 4.65. The lowest BCUT2D eigenvalue weighted by atomic mass is 10.2. The summed E-state index contributed by atoms with van der Waals surface area (Å²) in [5.74, 6) is -0.0235. The number of methoxy groups -OCH3 is 2. The van der Waals surface area contributed by atoms with Crippen LogP contribution in [0.3, 0.4) is 0 Å². The molecule has 0 unspecified atom stereocenters. The van der Waals surface area contributed by atoms with Crippen LogP contribution >= 0.6 is 23.2 Å². The van der Waals surface area contributed by atoms with Crippen molar-refractivity contribution >= 4 is 46.6 Å². The third-order valence-electron chi connectivity index (χ3n) is 3.30. The number of anilines is 1. The Balaban J connectivity index is 2.21. The molecule has 0 aliphatic rings. The summed E-state index contributed by atoms with van der Waals surface area (Å²) in [6.45, 7) is 0. The van der Waals surface area contributed by atoms with Gasteiger partial charge in [-0.3, -0.25) is 14.9 Å². The average molecular weight is 397 g/mol. The Morgan fingerprint density at radius 3 is 2.54 bits per heavy atom. The molecule has 1 amide bonds. The van der Waals surface area contributed by atoms with E-state index in [1.54, 1.807) is 6.07 Å². The number of nitro groups is 1. The molecule has 0 aliphatic heterocycles. The summed E-state index contributed by atoms with van der Waals surface area (Å²) in [5, 5.41) is 14.3. The number of hydrogen-bond acceptors (Lipinski definition) is 5. The monoisotopic (exact) mass is 396 g/mol. The topological polar surface area (TPSA) is 90.7 Å². The Hall–Kier alpha value is -2.77. The van der Waals surface area contributed by atoms with Gasteiger partial charge in [0.1, 0.15) is 5.75 Å². The lowest BCUT2D eigenvalue weighted by molar-refractivity contribution is -0.385. The minimum atomic E-state index is -0.594. The Morgan fingerprint density at radius 1 is 1.19 bits per heavy atom. The van der Waals surface area contributed by atoms with Crippen LogP contribution in [0, 0.1) is 10.1 Å². The smallest absolute Gasteiger partial charge is 0.312 e. The molecule has 7 nitrogen and oxygen atoms in total. The van der Waals surface area contributed by atoms with E-state index in [1.165, 1.54) is 50.6 Å². The van der Waals surface area contributed by atoms with Crippen molar-refractivity contribution in [3.63, 3.8) is 0 Å².